The minimum atomic E-state index is -0.107. The van der Waals surface area contributed by atoms with Crippen LogP contribution in [0, 0.1) is 0 Å². The normalized spacial score (nSPS) is 13.4. The zero-order chi connectivity index (χ0) is 11.8. The molecular weight excluding hydrogens is 230 g/mol. The minimum absolute atomic E-state index is 0.107. The highest BCUT2D eigenvalue weighted by atomic mass is 32.1. The van der Waals surface area contributed by atoms with Gasteiger partial charge in [0.25, 0.3) is 5.91 Å². The third kappa shape index (κ3) is 1.56. The summed E-state index contributed by atoms with van der Waals surface area (Å²) in [5.41, 5.74) is 3.47. The van der Waals surface area contributed by atoms with Crippen LogP contribution in [0.1, 0.15) is 15.9 Å². The summed E-state index contributed by atoms with van der Waals surface area (Å²) in [5.74, 6) is -0.107. The molecule has 0 unspecified atom stereocenters. The van der Waals surface area contributed by atoms with Gasteiger partial charge >= 0.3 is 0 Å². The molecule has 2 aromatic rings. The number of hydrogen-bond donors (Lipinski definition) is 1. The molecule has 2 aromatic carbocycles. The second kappa shape index (κ2) is 3.79. The van der Waals surface area contributed by atoms with Crippen LogP contribution in [0.3, 0.4) is 0 Å². The van der Waals surface area contributed by atoms with Gasteiger partial charge in [-0.05, 0) is 11.1 Å². The average Bonchev–Trinajstić information content (AvgIpc) is 2.66. The molecule has 0 fully saturated rings. The van der Waals surface area contributed by atoms with E-state index in [-0.39, 0.29) is 5.91 Å². The Balaban J connectivity index is 2.27. The number of carbonyl (C=O) groups is 1. The summed E-state index contributed by atoms with van der Waals surface area (Å²) in [6.45, 7) is 0. The summed E-state index contributed by atoms with van der Waals surface area (Å²) < 4.78 is 0. The second-order valence-corrected chi connectivity index (χ2v) is 4.29. The van der Waals surface area contributed by atoms with E-state index in [1.807, 2.05) is 48.5 Å². The van der Waals surface area contributed by atoms with Gasteiger partial charge in [0.1, 0.15) is 4.99 Å². The molecule has 1 amide bonds. The van der Waals surface area contributed by atoms with E-state index in [4.69, 9.17) is 12.2 Å². The molecule has 0 saturated heterocycles. The summed E-state index contributed by atoms with van der Waals surface area (Å²) in [6, 6.07) is 15.6. The summed E-state index contributed by atoms with van der Waals surface area (Å²) in [7, 11) is 0. The number of rotatable bonds is 1. The van der Waals surface area contributed by atoms with Gasteiger partial charge in [0.2, 0.25) is 0 Å². The molecule has 1 aliphatic heterocycles. The van der Waals surface area contributed by atoms with Crippen molar-refractivity contribution in [3.05, 3.63) is 59.7 Å². The smallest absolute Gasteiger partial charge is 0.257 e. The summed E-state index contributed by atoms with van der Waals surface area (Å²) in [6.07, 6.45) is 0. The molecule has 0 radical (unpaired) electrons. The molecule has 0 bridgehead atoms. The monoisotopic (exact) mass is 239 g/mol. The van der Waals surface area contributed by atoms with Crippen molar-refractivity contribution < 1.29 is 4.79 Å². The van der Waals surface area contributed by atoms with Gasteiger partial charge in [-0.15, -0.1) is 0 Å². The molecule has 82 valence electrons. The maximum atomic E-state index is 11.9. The van der Waals surface area contributed by atoms with Crippen molar-refractivity contribution in [2.24, 2.45) is 0 Å². The molecule has 2 nitrogen and oxygen atoms in total. The predicted molar refractivity (Wildman–Crippen MR) is 71.0 cm³/mol. The van der Waals surface area contributed by atoms with E-state index in [0.29, 0.717) is 10.6 Å². The van der Waals surface area contributed by atoms with Gasteiger partial charge in [0.05, 0.1) is 5.56 Å². The van der Waals surface area contributed by atoms with Crippen LogP contribution in [0.4, 0.5) is 0 Å². The van der Waals surface area contributed by atoms with Gasteiger partial charge < -0.3 is 5.32 Å². The lowest BCUT2D eigenvalue weighted by molar-refractivity contribution is 0.0984. The molecule has 1 aliphatic rings. The van der Waals surface area contributed by atoms with Crippen LogP contribution in [0.15, 0.2) is 48.5 Å². The van der Waals surface area contributed by atoms with Crippen LogP contribution in [0.5, 0.6) is 0 Å². The van der Waals surface area contributed by atoms with Crippen LogP contribution >= 0.6 is 12.2 Å². The molecule has 0 spiro atoms. The third-order valence-corrected chi connectivity index (χ3v) is 3.17. The number of carbonyl (C=O) groups excluding carboxylic acids is 1. The van der Waals surface area contributed by atoms with Crippen LogP contribution in [0.2, 0.25) is 0 Å². The molecule has 3 rings (SSSR count). The maximum absolute atomic E-state index is 11.9. The zero-order valence-corrected chi connectivity index (χ0v) is 9.75. The highest BCUT2D eigenvalue weighted by Gasteiger charge is 2.26. The van der Waals surface area contributed by atoms with Gasteiger partial charge in [-0.1, -0.05) is 60.7 Å². The topological polar surface area (TPSA) is 29.1 Å². The molecule has 1 heterocycles. The third-order valence-electron chi connectivity index (χ3n) is 2.85. The quantitative estimate of drug-likeness (QED) is 0.775. The first-order valence-electron chi connectivity index (χ1n) is 5.31. The molecule has 1 N–H and O–H groups in total. The first kappa shape index (κ1) is 10.2. The lowest BCUT2D eigenvalue weighted by atomic mass is 9.97. The maximum Gasteiger partial charge on any atom is 0.257 e. The lowest BCUT2D eigenvalue weighted by Gasteiger charge is -2.05. The predicted octanol–water partition coefficient (Wildman–Crippen LogP) is 2.77. The Bertz CT molecular complexity index is 619. The molecule has 0 aromatic heterocycles. The van der Waals surface area contributed by atoms with Crippen LogP contribution < -0.4 is 5.32 Å². The Labute approximate surface area is 104 Å². The van der Waals surface area contributed by atoms with Gasteiger partial charge in [-0.2, -0.15) is 0 Å². The standard InChI is InChI=1S/C14H9NOS/c16-13-12-10(9-5-2-1-3-6-9)7-4-8-11(12)14(17)15-13/h1-8H,(H,15,16,17). The number of thiocarbonyl (C=S) groups is 1. The van der Waals surface area contributed by atoms with E-state index in [0.717, 1.165) is 16.7 Å². The minimum Gasteiger partial charge on any atom is -0.312 e. The number of nitrogens with one attached hydrogen (secondary N) is 1. The van der Waals surface area contributed by atoms with Crippen molar-refractivity contribution in [1.82, 2.24) is 5.32 Å². The number of hydrogen-bond acceptors (Lipinski definition) is 2. The molecule has 0 atom stereocenters. The van der Waals surface area contributed by atoms with E-state index >= 15 is 0 Å². The van der Waals surface area contributed by atoms with E-state index in [2.05, 4.69) is 5.32 Å². The second-order valence-electron chi connectivity index (χ2n) is 3.88. The molecule has 17 heavy (non-hydrogen) atoms. The van der Waals surface area contributed by atoms with Crippen molar-refractivity contribution in [1.29, 1.82) is 0 Å². The van der Waals surface area contributed by atoms with Crippen molar-refractivity contribution in [2.75, 3.05) is 0 Å². The van der Waals surface area contributed by atoms with E-state index in [1.54, 1.807) is 0 Å². The van der Waals surface area contributed by atoms with Crippen molar-refractivity contribution in [2.45, 2.75) is 0 Å². The molecule has 3 heteroatoms. The van der Waals surface area contributed by atoms with E-state index in [1.165, 1.54) is 0 Å². The largest absolute Gasteiger partial charge is 0.312 e. The first-order chi connectivity index (χ1) is 8.27. The lowest BCUT2D eigenvalue weighted by Crippen LogP contribution is -2.19. The zero-order valence-electron chi connectivity index (χ0n) is 8.94. The summed E-state index contributed by atoms with van der Waals surface area (Å²) in [5, 5.41) is 2.68. The van der Waals surface area contributed by atoms with Crippen LogP contribution in [0.25, 0.3) is 11.1 Å². The van der Waals surface area contributed by atoms with Crippen LogP contribution in [-0.2, 0) is 0 Å². The van der Waals surface area contributed by atoms with Crippen molar-refractivity contribution >= 4 is 23.1 Å². The molecule has 0 aliphatic carbocycles. The summed E-state index contributed by atoms with van der Waals surface area (Å²) in [4.78, 5) is 12.4. The van der Waals surface area contributed by atoms with E-state index in [9.17, 15) is 4.79 Å². The van der Waals surface area contributed by atoms with Gasteiger partial charge in [-0.3, -0.25) is 4.79 Å². The Morgan fingerprint density at radius 1 is 0.882 bits per heavy atom. The van der Waals surface area contributed by atoms with Gasteiger partial charge in [-0.25, -0.2) is 0 Å². The number of fused-ring (bicyclic) bond motifs is 1. The fraction of sp³-hybridized carbons (Fsp3) is 0. The Kier molecular flexibility index (Phi) is 2.27. The number of amides is 1. The fourth-order valence-electron chi connectivity index (χ4n) is 2.08. The van der Waals surface area contributed by atoms with Gasteiger partial charge in [0.15, 0.2) is 0 Å². The molecule has 0 saturated carbocycles. The Morgan fingerprint density at radius 3 is 2.35 bits per heavy atom. The fourth-order valence-corrected chi connectivity index (χ4v) is 2.34. The first-order valence-corrected chi connectivity index (χ1v) is 5.72. The Hall–Kier alpha value is -2.00. The SMILES string of the molecule is O=C1NC(=S)c2cccc(-c3ccccc3)c21. The van der Waals surface area contributed by atoms with E-state index < -0.39 is 0 Å². The van der Waals surface area contributed by atoms with Crippen molar-refractivity contribution in [3.63, 3.8) is 0 Å². The highest BCUT2D eigenvalue weighted by molar-refractivity contribution is 7.80. The van der Waals surface area contributed by atoms with Crippen molar-refractivity contribution in [3.8, 4) is 11.1 Å². The molecular formula is C14H9NOS. The average molecular weight is 239 g/mol. The Morgan fingerprint density at radius 2 is 1.59 bits per heavy atom. The van der Waals surface area contributed by atoms with Gasteiger partial charge in [0, 0.05) is 5.56 Å². The van der Waals surface area contributed by atoms with Crippen LogP contribution in [-0.4, -0.2) is 10.9 Å². The highest BCUT2D eigenvalue weighted by Crippen LogP contribution is 2.29. The summed E-state index contributed by atoms with van der Waals surface area (Å²) >= 11 is 5.13. The number of benzene rings is 2.